The Kier molecular flexibility index (Phi) is 6.74. The predicted molar refractivity (Wildman–Crippen MR) is 107 cm³/mol. The zero-order chi connectivity index (χ0) is 19.9. The van der Waals surface area contributed by atoms with Gasteiger partial charge in [-0.25, -0.2) is 9.97 Å². The lowest BCUT2D eigenvalue weighted by Crippen LogP contribution is -2.45. The number of likely N-dealkylation sites (N-methyl/N-ethyl adjacent to an activating group) is 1. The summed E-state index contributed by atoms with van der Waals surface area (Å²) < 4.78 is 5.00. The zero-order valence-electron chi connectivity index (χ0n) is 16.4. The van der Waals surface area contributed by atoms with Crippen molar-refractivity contribution in [2.45, 2.75) is 12.3 Å². The van der Waals surface area contributed by atoms with Crippen molar-refractivity contribution in [1.29, 1.82) is 5.26 Å². The van der Waals surface area contributed by atoms with E-state index in [0.29, 0.717) is 36.6 Å². The molecule has 148 valence electrons. The first-order valence-electron chi connectivity index (χ1n) is 9.50. The fourth-order valence-corrected chi connectivity index (χ4v) is 3.22. The van der Waals surface area contributed by atoms with Crippen LogP contribution in [0.5, 0.6) is 0 Å². The molecule has 0 spiro atoms. The second kappa shape index (κ2) is 9.44. The normalized spacial score (nSPS) is 16.0. The van der Waals surface area contributed by atoms with Gasteiger partial charge in [-0.05, 0) is 25.6 Å². The van der Waals surface area contributed by atoms with Crippen molar-refractivity contribution in [2.24, 2.45) is 0 Å². The number of anilines is 1. The summed E-state index contributed by atoms with van der Waals surface area (Å²) in [6.45, 7) is 4.37. The van der Waals surface area contributed by atoms with Crippen LogP contribution in [0.15, 0.2) is 24.3 Å². The van der Waals surface area contributed by atoms with Crippen LogP contribution in [-0.2, 0) is 9.53 Å². The molecule has 8 nitrogen and oxygen atoms in total. The first-order valence-corrected chi connectivity index (χ1v) is 9.50. The van der Waals surface area contributed by atoms with Gasteiger partial charge in [0.25, 0.3) is 0 Å². The molecule has 3 rings (SSSR count). The lowest BCUT2D eigenvalue weighted by molar-refractivity contribution is -0.121. The van der Waals surface area contributed by atoms with Crippen molar-refractivity contribution in [3.05, 3.63) is 30.0 Å². The molecule has 1 amide bonds. The maximum Gasteiger partial charge on any atom is 0.243 e. The number of benzene rings is 1. The summed E-state index contributed by atoms with van der Waals surface area (Å²) in [5.41, 5.74) is 1.87. The molecule has 1 aromatic carbocycles. The van der Waals surface area contributed by atoms with Gasteiger partial charge in [0.2, 0.25) is 5.91 Å². The highest BCUT2D eigenvalue weighted by Crippen LogP contribution is 2.28. The Morgan fingerprint density at radius 1 is 1.25 bits per heavy atom. The van der Waals surface area contributed by atoms with Crippen LogP contribution in [0.2, 0.25) is 0 Å². The third kappa shape index (κ3) is 4.55. The van der Waals surface area contributed by atoms with Crippen LogP contribution < -0.4 is 10.2 Å². The Morgan fingerprint density at radius 2 is 1.93 bits per heavy atom. The number of hydrogen-bond donors (Lipinski definition) is 1. The lowest BCUT2D eigenvalue weighted by Gasteiger charge is -2.34. The standard InChI is InChI=1S/C20H26N6O2/c1-25-9-11-26(12-10-25)19-18(23-16-6-3-4-7-17(16)24-19)15(14-21)20(27)22-8-5-13-28-2/h3-4,6-7,15H,5,8-13H2,1-2H3,(H,22,27)/t15-/m1/s1. The van der Waals surface area contributed by atoms with Crippen LogP contribution in [-0.4, -0.2) is 74.3 Å². The summed E-state index contributed by atoms with van der Waals surface area (Å²) in [5.74, 6) is -0.724. The monoisotopic (exact) mass is 382 g/mol. The molecule has 0 aliphatic carbocycles. The number of amides is 1. The highest BCUT2D eigenvalue weighted by molar-refractivity contribution is 5.88. The first kappa shape index (κ1) is 20.0. The fraction of sp³-hybridized carbons (Fsp3) is 0.500. The number of ether oxygens (including phenoxy) is 1. The molecule has 0 radical (unpaired) electrons. The van der Waals surface area contributed by atoms with Crippen LogP contribution in [0.25, 0.3) is 11.0 Å². The van der Waals surface area contributed by atoms with Crippen molar-refractivity contribution >= 4 is 22.8 Å². The van der Waals surface area contributed by atoms with Gasteiger partial charge in [0.15, 0.2) is 11.7 Å². The third-order valence-electron chi connectivity index (χ3n) is 4.87. The molecular weight excluding hydrogens is 356 g/mol. The number of fused-ring (bicyclic) bond motifs is 1. The number of hydrogen-bond acceptors (Lipinski definition) is 7. The number of methoxy groups -OCH3 is 1. The van der Waals surface area contributed by atoms with Crippen molar-refractivity contribution in [2.75, 3.05) is 58.4 Å². The third-order valence-corrected chi connectivity index (χ3v) is 4.87. The van der Waals surface area contributed by atoms with E-state index >= 15 is 0 Å². The van der Waals surface area contributed by atoms with Crippen LogP contribution in [0, 0.1) is 11.3 Å². The quantitative estimate of drug-likeness (QED) is 0.718. The number of rotatable bonds is 7. The smallest absolute Gasteiger partial charge is 0.243 e. The molecular formula is C20H26N6O2. The molecule has 8 heteroatoms. The highest BCUT2D eigenvalue weighted by atomic mass is 16.5. The van der Waals surface area contributed by atoms with Crippen molar-refractivity contribution in [3.63, 3.8) is 0 Å². The van der Waals surface area contributed by atoms with E-state index in [4.69, 9.17) is 9.72 Å². The second-order valence-electron chi connectivity index (χ2n) is 6.91. The maximum atomic E-state index is 12.7. The Balaban J connectivity index is 1.93. The number of carbonyl (C=O) groups is 1. The maximum absolute atomic E-state index is 12.7. The Morgan fingerprint density at radius 3 is 2.57 bits per heavy atom. The number of piperazine rings is 1. The topological polar surface area (TPSA) is 94.4 Å². The number of nitriles is 1. The van der Waals surface area contributed by atoms with Crippen LogP contribution in [0.1, 0.15) is 18.0 Å². The minimum atomic E-state index is -1.01. The summed E-state index contributed by atoms with van der Waals surface area (Å²) in [7, 11) is 3.70. The number of carbonyl (C=O) groups excluding carboxylic acids is 1. The lowest BCUT2D eigenvalue weighted by atomic mass is 10.0. The molecule has 2 aromatic rings. The SMILES string of the molecule is COCCCNC(=O)[C@H](C#N)c1nc2ccccc2nc1N1CCN(C)CC1. The molecule has 0 unspecified atom stereocenters. The van der Waals surface area contributed by atoms with E-state index in [1.807, 2.05) is 24.3 Å². The van der Waals surface area contributed by atoms with Crippen LogP contribution in [0.3, 0.4) is 0 Å². The van der Waals surface area contributed by atoms with E-state index in [-0.39, 0.29) is 5.91 Å². The average Bonchev–Trinajstić information content (AvgIpc) is 2.72. The molecule has 1 N–H and O–H groups in total. The molecule has 0 bridgehead atoms. The van der Waals surface area contributed by atoms with E-state index in [0.717, 1.165) is 31.7 Å². The molecule has 1 aromatic heterocycles. The largest absolute Gasteiger partial charge is 0.385 e. The molecule has 28 heavy (non-hydrogen) atoms. The van der Waals surface area contributed by atoms with E-state index in [2.05, 4.69) is 33.2 Å². The summed E-state index contributed by atoms with van der Waals surface area (Å²) >= 11 is 0. The van der Waals surface area contributed by atoms with E-state index in [9.17, 15) is 10.1 Å². The Labute approximate surface area is 165 Å². The first-order chi connectivity index (χ1) is 13.6. The average molecular weight is 382 g/mol. The second-order valence-corrected chi connectivity index (χ2v) is 6.91. The van der Waals surface area contributed by atoms with Gasteiger partial charge >= 0.3 is 0 Å². The van der Waals surface area contributed by atoms with Gasteiger partial charge in [-0.3, -0.25) is 4.79 Å². The number of para-hydroxylation sites is 2. The predicted octanol–water partition coefficient (Wildman–Crippen LogP) is 1.14. The van der Waals surface area contributed by atoms with Gasteiger partial charge in [0.1, 0.15) is 5.69 Å². The van der Waals surface area contributed by atoms with Gasteiger partial charge in [-0.2, -0.15) is 5.26 Å². The van der Waals surface area contributed by atoms with E-state index in [1.54, 1.807) is 7.11 Å². The van der Waals surface area contributed by atoms with Crippen LogP contribution >= 0.6 is 0 Å². The molecule has 1 aliphatic heterocycles. The molecule has 1 fully saturated rings. The minimum Gasteiger partial charge on any atom is -0.385 e. The molecule has 1 saturated heterocycles. The highest BCUT2D eigenvalue weighted by Gasteiger charge is 2.29. The van der Waals surface area contributed by atoms with E-state index < -0.39 is 5.92 Å². The van der Waals surface area contributed by atoms with Gasteiger partial charge in [0, 0.05) is 46.4 Å². The summed E-state index contributed by atoms with van der Waals surface area (Å²) in [4.78, 5) is 26.5. The number of nitrogens with zero attached hydrogens (tertiary/aromatic N) is 5. The van der Waals surface area contributed by atoms with Gasteiger partial charge in [-0.15, -0.1) is 0 Å². The number of aromatic nitrogens is 2. The number of nitrogens with one attached hydrogen (secondary N) is 1. The minimum absolute atomic E-state index is 0.349. The Bertz CT molecular complexity index is 857. The van der Waals surface area contributed by atoms with Crippen molar-refractivity contribution in [1.82, 2.24) is 20.2 Å². The van der Waals surface area contributed by atoms with Crippen molar-refractivity contribution < 1.29 is 9.53 Å². The van der Waals surface area contributed by atoms with Gasteiger partial charge in [-0.1, -0.05) is 12.1 Å². The molecule has 0 saturated carbocycles. The van der Waals surface area contributed by atoms with E-state index in [1.165, 1.54) is 0 Å². The summed E-state index contributed by atoms with van der Waals surface area (Å²) in [5, 5.41) is 12.6. The molecule has 2 heterocycles. The van der Waals surface area contributed by atoms with Gasteiger partial charge in [0.05, 0.1) is 17.1 Å². The van der Waals surface area contributed by atoms with Crippen molar-refractivity contribution in [3.8, 4) is 6.07 Å². The Hall–Kier alpha value is -2.76. The fourth-order valence-electron chi connectivity index (χ4n) is 3.22. The summed E-state index contributed by atoms with van der Waals surface area (Å²) in [6.07, 6.45) is 0.690. The molecule has 1 aliphatic rings. The zero-order valence-corrected chi connectivity index (χ0v) is 16.4. The van der Waals surface area contributed by atoms with Crippen LogP contribution in [0.4, 0.5) is 5.82 Å². The molecule has 1 atom stereocenters. The summed E-state index contributed by atoms with van der Waals surface area (Å²) in [6, 6.07) is 9.67. The van der Waals surface area contributed by atoms with Gasteiger partial charge < -0.3 is 19.9 Å².